The molecule has 0 unspecified atom stereocenters. The average Bonchev–Trinajstić information content (AvgIpc) is 2.96. The lowest BCUT2D eigenvalue weighted by Gasteiger charge is -2.18. The second kappa shape index (κ2) is 7.74. The number of fused-ring (bicyclic) bond motifs is 3. The molecule has 1 aliphatic rings. The Morgan fingerprint density at radius 1 is 1.17 bits per heavy atom. The van der Waals surface area contributed by atoms with E-state index in [4.69, 9.17) is 4.74 Å². The van der Waals surface area contributed by atoms with E-state index in [0.29, 0.717) is 18.2 Å². The van der Waals surface area contributed by atoms with Crippen molar-refractivity contribution in [2.24, 2.45) is 0 Å². The van der Waals surface area contributed by atoms with Gasteiger partial charge in [0, 0.05) is 35.3 Å². The van der Waals surface area contributed by atoms with Gasteiger partial charge < -0.3 is 14.6 Å². The van der Waals surface area contributed by atoms with Crippen molar-refractivity contribution in [2.75, 3.05) is 13.2 Å². The number of nitrogens with zero attached hydrogens (tertiary/aromatic N) is 1. The van der Waals surface area contributed by atoms with Crippen LogP contribution in [0.4, 0.5) is 8.78 Å². The van der Waals surface area contributed by atoms with Crippen molar-refractivity contribution in [3.05, 3.63) is 76.6 Å². The Morgan fingerprint density at radius 3 is 2.60 bits per heavy atom. The Kier molecular flexibility index (Phi) is 5.11. The van der Waals surface area contributed by atoms with E-state index >= 15 is 0 Å². The van der Waals surface area contributed by atoms with Crippen LogP contribution < -0.4 is 0 Å². The largest absolute Gasteiger partial charge is 0.462 e. The number of nitrogens with one attached hydrogen (secondary N) is 1. The molecule has 0 fully saturated rings. The maximum absolute atomic E-state index is 13.6. The average molecular weight is 410 g/mol. The topological polar surface area (TPSA) is 62.4 Å². The highest BCUT2D eigenvalue weighted by Gasteiger charge is 2.28. The molecular weight excluding hydrogens is 390 g/mol. The van der Waals surface area contributed by atoms with Crippen molar-refractivity contribution < 1.29 is 23.1 Å². The van der Waals surface area contributed by atoms with E-state index in [1.165, 1.54) is 11.1 Å². The minimum Gasteiger partial charge on any atom is -0.462 e. The normalized spacial score (nSPS) is 13.6. The Bertz CT molecular complexity index is 1180. The van der Waals surface area contributed by atoms with Gasteiger partial charge in [0.2, 0.25) is 0 Å². The highest BCUT2D eigenvalue weighted by atomic mass is 19.1. The molecule has 4 rings (SSSR count). The predicted molar refractivity (Wildman–Crippen MR) is 109 cm³/mol. The first kappa shape index (κ1) is 19.8. The number of esters is 1. The Labute approximate surface area is 171 Å². The second-order valence-electron chi connectivity index (χ2n) is 7.15. The fourth-order valence-electron chi connectivity index (χ4n) is 3.79. The van der Waals surface area contributed by atoms with Crippen LogP contribution in [0.1, 0.15) is 34.1 Å². The van der Waals surface area contributed by atoms with Crippen LogP contribution in [0, 0.1) is 18.6 Å². The van der Waals surface area contributed by atoms with Crippen LogP contribution in [0.3, 0.4) is 0 Å². The number of hydrogen-bond acceptors (Lipinski definition) is 3. The minimum absolute atomic E-state index is 0.127. The molecule has 2 aromatic carbocycles. The number of H-pyrrole nitrogens is 1. The van der Waals surface area contributed by atoms with Gasteiger partial charge in [0.05, 0.1) is 17.9 Å². The molecule has 0 spiro atoms. The van der Waals surface area contributed by atoms with E-state index in [0.717, 1.165) is 34.2 Å². The number of aryl methyl sites for hydroxylation is 1. The molecule has 1 amide bonds. The summed E-state index contributed by atoms with van der Waals surface area (Å²) >= 11 is 0. The molecule has 0 bridgehead atoms. The number of para-hydroxylation sites is 1. The van der Waals surface area contributed by atoms with Crippen molar-refractivity contribution in [1.82, 2.24) is 9.88 Å². The summed E-state index contributed by atoms with van der Waals surface area (Å²) in [6, 6.07) is 8.53. The van der Waals surface area contributed by atoms with Crippen molar-refractivity contribution in [1.29, 1.82) is 0 Å². The van der Waals surface area contributed by atoms with Crippen LogP contribution in [0.15, 0.2) is 42.6 Å². The van der Waals surface area contributed by atoms with E-state index < -0.39 is 23.5 Å². The Hall–Kier alpha value is -3.48. The van der Waals surface area contributed by atoms with E-state index in [1.807, 2.05) is 25.1 Å². The van der Waals surface area contributed by atoms with Crippen molar-refractivity contribution in [3.63, 3.8) is 0 Å². The fourth-order valence-corrected chi connectivity index (χ4v) is 3.79. The molecule has 30 heavy (non-hydrogen) atoms. The van der Waals surface area contributed by atoms with E-state index in [1.54, 1.807) is 6.92 Å². The third kappa shape index (κ3) is 3.47. The molecule has 1 aliphatic heterocycles. The molecule has 0 atom stereocenters. The van der Waals surface area contributed by atoms with Gasteiger partial charge in [-0.15, -0.1) is 0 Å². The third-order valence-electron chi connectivity index (χ3n) is 5.17. The Morgan fingerprint density at radius 2 is 1.90 bits per heavy atom. The number of aromatic nitrogens is 1. The SMILES string of the molecule is CCOC(=O)C1=CN(C(=O)c2cc(F)cc(F)c2)CCc2c1[nH]c1c(C)cccc21. The zero-order valence-corrected chi connectivity index (χ0v) is 16.6. The van der Waals surface area contributed by atoms with Gasteiger partial charge in [-0.05, 0) is 43.5 Å². The molecule has 1 aromatic heterocycles. The number of rotatable bonds is 3. The molecule has 0 radical (unpaired) electrons. The number of carbonyl (C=O) groups excluding carboxylic acids is 2. The summed E-state index contributed by atoms with van der Waals surface area (Å²) < 4.78 is 32.4. The molecule has 2 heterocycles. The maximum Gasteiger partial charge on any atom is 0.341 e. The second-order valence-corrected chi connectivity index (χ2v) is 7.15. The van der Waals surface area contributed by atoms with Gasteiger partial charge in [-0.3, -0.25) is 4.79 Å². The zero-order valence-electron chi connectivity index (χ0n) is 16.6. The molecule has 7 heteroatoms. The summed E-state index contributed by atoms with van der Waals surface area (Å²) in [4.78, 5) is 30.3. The smallest absolute Gasteiger partial charge is 0.341 e. The fraction of sp³-hybridized carbons (Fsp3) is 0.217. The first-order valence-corrected chi connectivity index (χ1v) is 9.65. The molecular formula is C23H20F2N2O3. The lowest BCUT2D eigenvalue weighted by Crippen LogP contribution is -2.28. The number of ether oxygens (including phenoxy) is 1. The first-order valence-electron chi connectivity index (χ1n) is 9.65. The lowest BCUT2D eigenvalue weighted by atomic mass is 10.0. The maximum atomic E-state index is 13.6. The van der Waals surface area contributed by atoms with Crippen LogP contribution in [-0.2, 0) is 16.0 Å². The number of amides is 1. The van der Waals surface area contributed by atoms with Crippen molar-refractivity contribution in [2.45, 2.75) is 20.3 Å². The summed E-state index contributed by atoms with van der Waals surface area (Å²) in [6.45, 7) is 4.09. The number of halogens is 2. The van der Waals surface area contributed by atoms with Crippen LogP contribution >= 0.6 is 0 Å². The van der Waals surface area contributed by atoms with Crippen molar-refractivity contribution >= 4 is 28.4 Å². The molecule has 0 aliphatic carbocycles. The summed E-state index contributed by atoms with van der Waals surface area (Å²) in [5.74, 6) is -2.85. The van der Waals surface area contributed by atoms with Gasteiger partial charge in [-0.1, -0.05) is 18.2 Å². The van der Waals surface area contributed by atoms with E-state index in [2.05, 4.69) is 4.98 Å². The van der Waals surface area contributed by atoms with Gasteiger partial charge in [0.1, 0.15) is 11.6 Å². The summed E-state index contributed by atoms with van der Waals surface area (Å²) in [6.07, 6.45) is 1.86. The zero-order chi connectivity index (χ0) is 21.4. The number of benzene rings is 2. The monoisotopic (exact) mass is 410 g/mol. The lowest BCUT2D eigenvalue weighted by molar-refractivity contribution is -0.136. The summed E-state index contributed by atoms with van der Waals surface area (Å²) in [5, 5.41) is 0.964. The van der Waals surface area contributed by atoms with E-state index in [9.17, 15) is 18.4 Å². The Balaban J connectivity index is 1.83. The standard InChI is InChI=1S/C23H20F2N2O3/c1-3-30-23(29)19-12-27(22(28)14-9-15(24)11-16(25)10-14)8-7-18-17-6-4-5-13(2)20(17)26-21(18)19/h4-6,9-12,26H,3,7-8H2,1-2H3. The predicted octanol–water partition coefficient (Wildman–Crippen LogP) is 4.36. The molecule has 0 saturated carbocycles. The van der Waals surface area contributed by atoms with Gasteiger partial charge in [-0.25, -0.2) is 13.6 Å². The van der Waals surface area contributed by atoms with E-state index in [-0.39, 0.29) is 24.3 Å². The quantitative estimate of drug-likeness (QED) is 0.653. The highest BCUT2D eigenvalue weighted by Crippen LogP contribution is 2.33. The number of aromatic amines is 1. The molecule has 1 N–H and O–H groups in total. The molecule has 3 aromatic rings. The van der Waals surface area contributed by atoms with Crippen LogP contribution in [0.25, 0.3) is 16.5 Å². The van der Waals surface area contributed by atoms with Gasteiger partial charge >= 0.3 is 5.97 Å². The molecule has 5 nitrogen and oxygen atoms in total. The summed E-state index contributed by atoms with van der Waals surface area (Å²) in [7, 11) is 0. The third-order valence-corrected chi connectivity index (χ3v) is 5.17. The van der Waals surface area contributed by atoms with Crippen LogP contribution in [-0.4, -0.2) is 34.9 Å². The van der Waals surface area contributed by atoms with Gasteiger partial charge in [-0.2, -0.15) is 0 Å². The van der Waals surface area contributed by atoms with Gasteiger partial charge in [0.25, 0.3) is 5.91 Å². The minimum atomic E-state index is -0.838. The van der Waals surface area contributed by atoms with Crippen molar-refractivity contribution in [3.8, 4) is 0 Å². The number of carbonyl (C=O) groups is 2. The molecule has 0 saturated heterocycles. The first-order chi connectivity index (χ1) is 14.4. The van der Waals surface area contributed by atoms with Crippen LogP contribution in [0.2, 0.25) is 0 Å². The summed E-state index contributed by atoms with van der Waals surface area (Å²) in [5.41, 5.74) is 3.52. The number of hydrogen-bond donors (Lipinski definition) is 1. The highest BCUT2D eigenvalue weighted by molar-refractivity contribution is 6.18. The van der Waals surface area contributed by atoms with Gasteiger partial charge in [0.15, 0.2) is 0 Å². The van der Waals surface area contributed by atoms with Crippen LogP contribution in [0.5, 0.6) is 0 Å². The molecule has 154 valence electrons.